The molecule has 23 heavy (non-hydrogen) atoms. The van der Waals surface area contributed by atoms with Crippen LogP contribution in [0.15, 0.2) is 46.9 Å². The van der Waals surface area contributed by atoms with Gasteiger partial charge >= 0.3 is 0 Å². The van der Waals surface area contributed by atoms with Gasteiger partial charge in [0.15, 0.2) is 0 Å². The van der Waals surface area contributed by atoms with Gasteiger partial charge < -0.3 is 4.74 Å². The first kappa shape index (κ1) is 20.3. The molecule has 0 spiro atoms. The summed E-state index contributed by atoms with van der Waals surface area (Å²) in [5.41, 5.74) is 3.15. The van der Waals surface area contributed by atoms with Crippen LogP contribution in [0.3, 0.4) is 0 Å². The summed E-state index contributed by atoms with van der Waals surface area (Å²) in [5.74, 6) is 0. The minimum absolute atomic E-state index is 0.138. The highest BCUT2D eigenvalue weighted by atomic mass is 32.2. The van der Waals surface area contributed by atoms with Crippen LogP contribution in [0.25, 0.3) is 0 Å². The summed E-state index contributed by atoms with van der Waals surface area (Å²) in [7, 11) is 0. The zero-order valence-electron chi connectivity index (χ0n) is 15.6. The lowest BCUT2D eigenvalue weighted by Gasteiger charge is -2.02. The highest BCUT2D eigenvalue weighted by molar-refractivity contribution is 8.01. The first-order valence-electron chi connectivity index (χ1n) is 8.79. The third kappa shape index (κ3) is 9.88. The highest BCUT2D eigenvalue weighted by Gasteiger charge is 2.46. The molecule has 130 valence electrons. The van der Waals surface area contributed by atoms with Crippen LogP contribution in [0.2, 0.25) is 0 Å². The van der Waals surface area contributed by atoms with E-state index in [2.05, 4.69) is 69.7 Å². The Morgan fingerprint density at radius 3 is 2.30 bits per heavy atom. The van der Waals surface area contributed by atoms with Gasteiger partial charge in [-0.3, -0.25) is 0 Å². The number of unbranched alkanes of at least 4 members (excludes halogenated alkanes) is 1. The molecule has 1 heterocycles. The number of epoxide rings is 1. The van der Waals surface area contributed by atoms with E-state index in [4.69, 9.17) is 4.74 Å². The molecule has 1 nitrogen and oxygen atoms in total. The monoisotopic (exact) mass is 334 g/mol. The van der Waals surface area contributed by atoms with E-state index >= 15 is 0 Å². The van der Waals surface area contributed by atoms with Crippen molar-refractivity contribution in [1.29, 1.82) is 0 Å². The standard InChI is InChI=1S/C21H34OS/c1-18(12-9-7-6-8-10-17-23-5)13-11-14-19(2)15-16-20-21(3,4)22-20/h6,8,10,12,14,17,20H,7,9,11,13,15-16H2,1-5H3/b8-6+,17-10-,18-12+,19-14+. The zero-order valence-corrected chi connectivity index (χ0v) is 16.4. The van der Waals surface area contributed by atoms with Crippen molar-refractivity contribution in [2.45, 2.75) is 77.9 Å². The van der Waals surface area contributed by atoms with Crippen LogP contribution >= 0.6 is 11.8 Å². The van der Waals surface area contributed by atoms with Gasteiger partial charge in [0, 0.05) is 0 Å². The summed E-state index contributed by atoms with van der Waals surface area (Å²) in [6.45, 7) is 8.86. The fraction of sp³-hybridized carbons (Fsp3) is 0.619. The summed E-state index contributed by atoms with van der Waals surface area (Å²) >= 11 is 1.73. The van der Waals surface area contributed by atoms with E-state index in [1.807, 2.05) is 0 Å². The average Bonchev–Trinajstić information content (AvgIpc) is 3.11. The molecule has 1 aliphatic rings. The molecule has 0 bridgehead atoms. The third-order valence-corrected chi connectivity index (χ3v) is 4.71. The normalized spacial score (nSPS) is 21.5. The molecule has 0 radical (unpaired) electrons. The fourth-order valence-corrected chi connectivity index (χ4v) is 2.82. The van der Waals surface area contributed by atoms with E-state index in [1.165, 1.54) is 30.4 Å². The molecule has 1 aliphatic heterocycles. The molecule has 1 atom stereocenters. The second-order valence-corrected chi connectivity index (χ2v) is 7.70. The Hall–Kier alpha value is -0.730. The van der Waals surface area contributed by atoms with Gasteiger partial charge in [0.2, 0.25) is 0 Å². The molecule has 1 unspecified atom stereocenters. The van der Waals surface area contributed by atoms with Crippen LogP contribution in [-0.2, 0) is 4.74 Å². The van der Waals surface area contributed by atoms with Gasteiger partial charge in [0.1, 0.15) is 0 Å². The lowest BCUT2D eigenvalue weighted by atomic mass is 10.0. The summed E-state index contributed by atoms with van der Waals surface area (Å²) in [5, 5.41) is 2.10. The molecule has 1 rings (SSSR count). The Morgan fingerprint density at radius 2 is 1.65 bits per heavy atom. The van der Waals surface area contributed by atoms with E-state index in [1.54, 1.807) is 11.8 Å². The molecule has 2 heteroatoms. The maximum Gasteiger partial charge on any atom is 0.0892 e. The van der Waals surface area contributed by atoms with Gasteiger partial charge in [-0.1, -0.05) is 41.5 Å². The van der Waals surface area contributed by atoms with E-state index in [9.17, 15) is 0 Å². The maximum atomic E-state index is 5.64. The number of ether oxygens (including phenoxy) is 1. The number of allylic oxidation sites excluding steroid dienone is 7. The Morgan fingerprint density at radius 1 is 1.00 bits per heavy atom. The topological polar surface area (TPSA) is 12.5 Å². The Bertz CT molecular complexity index is 454. The Kier molecular flexibility index (Phi) is 9.66. The summed E-state index contributed by atoms with van der Waals surface area (Å²) < 4.78 is 5.64. The van der Waals surface area contributed by atoms with Crippen molar-refractivity contribution in [1.82, 2.24) is 0 Å². The molecule has 0 aromatic carbocycles. The molecule has 0 aliphatic carbocycles. The van der Waals surface area contributed by atoms with Crippen molar-refractivity contribution in [3.05, 3.63) is 46.9 Å². The van der Waals surface area contributed by atoms with Gasteiger partial charge in [-0.15, -0.1) is 11.8 Å². The number of thioether (sulfide) groups is 1. The second-order valence-electron chi connectivity index (χ2n) is 6.96. The van der Waals surface area contributed by atoms with Crippen molar-refractivity contribution in [3.8, 4) is 0 Å². The zero-order chi connectivity index (χ0) is 17.1. The summed E-state index contributed by atoms with van der Waals surface area (Å²) in [6.07, 6.45) is 20.8. The summed E-state index contributed by atoms with van der Waals surface area (Å²) in [4.78, 5) is 0. The maximum absolute atomic E-state index is 5.64. The Labute approximate surface area is 148 Å². The van der Waals surface area contributed by atoms with Crippen LogP contribution < -0.4 is 0 Å². The molecular formula is C21H34OS. The molecule has 0 aromatic heterocycles. The minimum atomic E-state index is 0.138. The van der Waals surface area contributed by atoms with Crippen LogP contribution in [0.4, 0.5) is 0 Å². The van der Waals surface area contributed by atoms with Crippen LogP contribution in [-0.4, -0.2) is 18.0 Å². The van der Waals surface area contributed by atoms with Crippen molar-refractivity contribution < 1.29 is 4.74 Å². The van der Waals surface area contributed by atoms with Crippen LogP contribution in [0.5, 0.6) is 0 Å². The number of hydrogen-bond acceptors (Lipinski definition) is 2. The van der Waals surface area contributed by atoms with Gasteiger partial charge in [-0.05, 0) is 77.9 Å². The minimum Gasteiger partial charge on any atom is -0.367 e. The van der Waals surface area contributed by atoms with Crippen molar-refractivity contribution >= 4 is 11.8 Å². The summed E-state index contributed by atoms with van der Waals surface area (Å²) in [6, 6.07) is 0. The number of rotatable bonds is 11. The van der Waals surface area contributed by atoms with Crippen molar-refractivity contribution in [2.75, 3.05) is 6.26 Å². The predicted molar refractivity (Wildman–Crippen MR) is 106 cm³/mol. The van der Waals surface area contributed by atoms with Crippen LogP contribution in [0.1, 0.15) is 66.2 Å². The second kappa shape index (κ2) is 10.9. The quantitative estimate of drug-likeness (QED) is 0.178. The average molecular weight is 335 g/mol. The SMILES string of the molecule is CS/C=C\C=C\CC/C=C(\C)CC/C=C(\C)CCC1OC1(C)C. The van der Waals surface area contributed by atoms with E-state index < -0.39 is 0 Å². The predicted octanol–water partition coefficient (Wildman–Crippen LogP) is 6.83. The van der Waals surface area contributed by atoms with Crippen molar-refractivity contribution in [3.63, 3.8) is 0 Å². The highest BCUT2D eigenvalue weighted by Crippen LogP contribution is 2.38. The molecule has 1 fully saturated rings. The first-order chi connectivity index (χ1) is 11.0. The van der Waals surface area contributed by atoms with Gasteiger partial charge in [-0.2, -0.15) is 0 Å². The van der Waals surface area contributed by atoms with Gasteiger partial charge in [0.25, 0.3) is 0 Å². The lowest BCUT2D eigenvalue weighted by Crippen LogP contribution is -2.02. The Balaban J connectivity index is 2.10. The lowest BCUT2D eigenvalue weighted by molar-refractivity contribution is 0.320. The fourth-order valence-electron chi connectivity index (χ4n) is 2.57. The third-order valence-electron chi connectivity index (χ3n) is 4.28. The molecule has 0 aromatic rings. The molecule has 0 amide bonds. The van der Waals surface area contributed by atoms with E-state index in [0.717, 1.165) is 19.3 Å². The largest absolute Gasteiger partial charge is 0.367 e. The van der Waals surface area contributed by atoms with Gasteiger partial charge in [0.05, 0.1) is 11.7 Å². The molecule has 0 N–H and O–H groups in total. The molecular weight excluding hydrogens is 300 g/mol. The number of hydrogen-bond donors (Lipinski definition) is 0. The van der Waals surface area contributed by atoms with Crippen LogP contribution in [0, 0.1) is 0 Å². The van der Waals surface area contributed by atoms with Gasteiger partial charge in [-0.25, -0.2) is 0 Å². The van der Waals surface area contributed by atoms with E-state index in [0.29, 0.717) is 6.10 Å². The first-order valence-corrected chi connectivity index (χ1v) is 10.1. The smallest absolute Gasteiger partial charge is 0.0892 e. The molecule has 0 saturated carbocycles. The van der Waals surface area contributed by atoms with E-state index in [-0.39, 0.29) is 5.60 Å². The molecule has 1 saturated heterocycles. The van der Waals surface area contributed by atoms with Crippen molar-refractivity contribution in [2.24, 2.45) is 0 Å².